The fourth-order valence-corrected chi connectivity index (χ4v) is 2.47. The number of nitrogens with zero attached hydrogens (tertiary/aromatic N) is 4. The van der Waals surface area contributed by atoms with Crippen LogP contribution in [0.1, 0.15) is 12.1 Å². The molecule has 2 heterocycles. The molecular weight excluding hydrogens is 394 g/mol. The van der Waals surface area contributed by atoms with Crippen LogP contribution in [-0.2, 0) is 6.18 Å². The first-order chi connectivity index (χ1) is 13.0. The summed E-state index contributed by atoms with van der Waals surface area (Å²) in [4.78, 5) is 6.91. The topological polar surface area (TPSA) is 70.8 Å². The van der Waals surface area contributed by atoms with Crippen LogP contribution in [0.2, 0.25) is 0 Å². The number of aromatic nitrogens is 2. The number of rotatable bonds is 3. The number of ether oxygens (including phenoxy) is 1. The molecule has 0 spiro atoms. The van der Waals surface area contributed by atoms with Gasteiger partial charge in [0.25, 0.3) is 5.72 Å². The summed E-state index contributed by atoms with van der Waals surface area (Å²) in [5.41, 5.74) is -5.15. The van der Waals surface area contributed by atoms with Crippen LogP contribution >= 0.6 is 0 Å². The Hall–Kier alpha value is -2.89. The van der Waals surface area contributed by atoms with Crippen LogP contribution in [0.25, 0.3) is 11.3 Å². The van der Waals surface area contributed by atoms with E-state index in [1.54, 1.807) is 0 Å². The number of alkyl halides is 6. The maximum atomic E-state index is 13.3. The van der Waals surface area contributed by atoms with E-state index < -0.39 is 36.1 Å². The normalized spacial score (nSPS) is 19.9. The summed E-state index contributed by atoms with van der Waals surface area (Å²) < 4.78 is 84.5. The smallest absolute Gasteiger partial charge is 0.438 e. The van der Waals surface area contributed by atoms with Crippen LogP contribution in [0.4, 0.5) is 32.3 Å². The Morgan fingerprint density at radius 2 is 1.71 bits per heavy atom. The van der Waals surface area contributed by atoms with Crippen molar-refractivity contribution in [3.8, 4) is 17.0 Å². The maximum Gasteiger partial charge on any atom is 0.438 e. The third-order valence-corrected chi connectivity index (χ3v) is 3.96. The van der Waals surface area contributed by atoms with Gasteiger partial charge in [-0.05, 0) is 30.3 Å². The van der Waals surface area contributed by atoms with Crippen molar-refractivity contribution in [1.29, 1.82) is 0 Å². The first-order valence-corrected chi connectivity index (χ1v) is 7.68. The van der Waals surface area contributed by atoms with Gasteiger partial charge < -0.3 is 9.84 Å². The van der Waals surface area contributed by atoms with Crippen molar-refractivity contribution in [3.05, 3.63) is 36.0 Å². The summed E-state index contributed by atoms with van der Waals surface area (Å²) in [6.07, 6.45) is -10.4. The van der Waals surface area contributed by atoms with E-state index in [2.05, 4.69) is 15.1 Å². The van der Waals surface area contributed by atoms with Gasteiger partial charge in [0.05, 0.1) is 12.8 Å². The zero-order valence-electron chi connectivity index (χ0n) is 14.1. The first-order valence-electron chi connectivity index (χ1n) is 7.68. The van der Waals surface area contributed by atoms with Crippen molar-refractivity contribution in [2.75, 3.05) is 12.1 Å². The Bertz CT molecular complexity index is 897. The predicted molar refractivity (Wildman–Crippen MR) is 85.6 cm³/mol. The monoisotopic (exact) mass is 406 g/mol. The van der Waals surface area contributed by atoms with E-state index in [-0.39, 0.29) is 16.3 Å². The number of hydrazone groups is 1. The molecule has 28 heavy (non-hydrogen) atoms. The lowest BCUT2D eigenvalue weighted by Crippen LogP contribution is -2.55. The van der Waals surface area contributed by atoms with Gasteiger partial charge in [0.15, 0.2) is 5.69 Å². The van der Waals surface area contributed by atoms with E-state index >= 15 is 0 Å². The standard InChI is InChI=1S/C16H12F6N4O2/c1-28-10-4-2-9(3-5-10)11-8-12(15(17,18)19)25-13(24-11)26-14(27,6-7-23-26)16(20,21)22/h2-5,7-8,27H,6H2,1H3/t14-/m1/s1. The second-order valence-corrected chi connectivity index (χ2v) is 5.79. The van der Waals surface area contributed by atoms with E-state index in [0.717, 1.165) is 6.21 Å². The van der Waals surface area contributed by atoms with Gasteiger partial charge in [-0.2, -0.15) is 36.5 Å². The number of halogens is 6. The maximum absolute atomic E-state index is 13.3. The van der Waals surface area contributed by atoms with Gasteiger partial charge in [0.2, 0.25) is 5.95 Å². The number of anilines is 1. The zero-order valence-corrected chi connectivity index (χ0v) is 14.1. The molecule has 150 valence electrons. The molecular formula is C16H12F6N4O2. The summed E-state index contributed by atoms with van der Waals surface area (Å²) in [6.45, 7) is 0. The highest BCUT2D eigenvalue weighted by atomic mass is 19.4. The third-order valence-electron chi connectivity index (χ3n) is 3.96. The van der Waals surface area contributed by atoms with Crippen LogP contribution in [0.3, 0.4) is 0 Å². The molecule has 3 rings (SSSR count). The Balaban J connectivity index is 2.14. The minimum atomic E-state index is -5.21. The molecule has 1 aromatic carbocycles. The van der Waals surface area contributed by atoms with E-state index in [0.29, 0.717) is 11.8 Å². The van der Waals surface area contributed by atoms with Crippen molar-refractivity contribution < 1.29 is 36.2 Å². The second kappa shape index (κ2) is 6.62. The van der Waals surface area contributed by atoms with Crippen LogP contribution in [-0.4, -0.2) is 40.3 Å². The molecule has 1 aliphatic rings. The summed E-state index contributed by atoms with van der Waals surface area (Å²) in [5, 5.41) is 13.2. The molecule has 0 radical (unpaired) electrons. The van der Waals surface area contributed by atoms with E-state index in [1.807, 2.05) is 0 Å². The van der Waals surface area contributed by atoms with Gasteiger partial charge >= 0.3 is 12.4 Å². The molecule has 1 N–H and O–H groups in total. The van der Waals surface area contributed by atoms with Crippen LogP contribution in [0.15, 0.2) is 35.4 Å². The molecule has 6 nitrogen and oxygen atoms in total. The molecule has 0 unspecified atom stereocenters. The van der Waals surface area contributed by atoms with Crippen LogP contribution in [0.5, 0.6) is 5.75 Å². The lowest BCUT2D eigenvalue weighted by Gasteiger charge is -2.32. The molecule has 0 amide bonds. The fraction of sp³-hybridized carbons (Fsp3) is 0.312. The highest BCUT2D eigenvalue weighted by molar-refractivity contribution is 5.68. The van der Waals surface area contributed by atoms with E-state index in [1.165, 1.54) is 31.4 Å². The molecule has 0 fully saturated rings. The van der Waals surface area contributed by atoms with Crippen molar-refractivity contribution in [2.45, 2.75) is 24.5 Å². The molecule has 0 aliphatic carbocycles. The SMILES string of the molecule is COc1ccc(-c2cc(C(F)(F)F)nc(N3N=CC[C@@]3(O)C(F)(F)F)n2)cc1. The van der Waals surface area contributed by atoms with Gasteiger partial charge in [-0.3, -0.25) is 0 Å². The third kappa shape index (κ3) is 3.46. The minimum Gasteiger partial charge on any atom is -0.497 e. The number of aliphatic hydroxyl groups is 1. The molecule has 1 aromatic heterocycles. The average Bonchev–Trinajstić information content (AvgIpc) is 3.04. The summed E-state index contributed by atoms with van der Waals surface area (Å²) in [5.74, 6) is -0.612. The lowest BCUT2D eigenvalue weighted by atomic mass is 10.1. The van der Waals surface area contributed by atoms with Crippen LogP contribution < -0.4 is 9.75 Å². The Kier molecular flexibility index (Phi) is 4.69. The second-order valence-electron chi connectivity index (χ2n) is 5.79. The van der Waals surface area contributed by atoms with Gasteiger partial charge in [0.1, 0.15) is 5.75 Å². The molecule has 0 saturated carbocycles. The quantitative estimate of drug-likeness (QED) is 0.789. The van der Waals surface area contributed by atoms with Crippen molar-refractivity contribution in [2.24, 2.45) is 5.10 Å². The Morgan fingerprint density at radius 1 is 1.07 bits per heavy atom. The first kappa shape index (κ1) is 19.9. The zero-order chi connectivity index (χ0) is 20.7. The Labute approximate surface area is 154 Å². The Morgan fingerprint density at radius 3 is 2.25 bits per heavy atom. The van der Waals surface area contributed by atoms with E-state index in [4.69, 9.17) is 4.74 Å². The largest absolute Gasteiger partial charge is 0.497 e. The summed E-state index contributed by atoms with van der Waals surface area (Å²) in [7, 11) is 1.39. The highest BCUT2D eigenvalue weighted by Crippen LogP contribution is 2.41. The van der Waals surface area contributed by atoms with Gasteiger partial charge in [-0.15, -0.1) is 0 Å². The van der Waals surface area contributed by atoms with Crippen molar-refractivity contribution >= 4 is 12.2 Å². The minimum absolute atomic E-state index is 0.0603. The average molecular weight is 406 g/mol. The number of methoxy groups -OCH3 is 1. The molecule has 1 aliphatic heterocycles. The van der Waals surface area contributed by atoms with Gasteiger partial charge in [-0.1, -0.05) is 0 Å². The van der Waals surface area contributed by atoms with Crippen molar-refractivity contribution in [3.63, 3.8) is 0 Å². The van der Waals surface area contributed by atoms with Gasteiger partial charge in [0, 0.05) is 18.2 Å². The molecule has 12 heteroatoms. The summed E-state index contributed by atoms with van der Waals surface area (Å²) in [6, 6.07) is 6.26. The lowest BCUT2D eigenvalue weighted by molar-refractivity contribution is -0.254. The fourth-order valence-electron chi connectivity index (χ4n) is 2.47. The molecule has 2 aromatic rings. The predicted octanol–water partition coefficient (Wildman–Crippen LogP) is 3.62. The highest BCUT2D eigenvalue weighted by Gasteiger charge is 2.61. The molecule has 1 atom stereocenters. The van der Waals surface area contributed by atoms with E-state index in [9.17, 15) is 31.4 Å². The molecule has 0 saturated heterocycles. The molecule has 0 bridgehead atoms. The number of hydrogen-bond donors (Lipinski definition) is 1. The summed E-state index contributed by atoms with van der Waals surface area (Å²) >= 11 is 0. The number of benzene rings is 1. The number of hydrogen-bond acceptors (Lipinski definition) is 6. The van der Waals surface area contributed by atoms with Crippen molar-refractivity contribution in [1.82, 2.24) is 9.97 Å². The van der Waals surface area contributed by atoms with Crippen LogP contribution in [0, 0.1) is 0 Å². The van der Waals surface area contributed by atoms with Gasteiger partial charge in [-0.25, -0.2) is 9.97 Å².